The molecule has 5 heteroatoms. The molecule has 2 aliphatic rings. The second-order valence-electron chi connectivity index (χ2n) is 7.61. The van der Waals surface area contributed by atoms with Gasteiger partial charge in [0.1, 0.15) is 0 Å². The van der Waals surface area contributed by atoms with Gasteiger partial charge in [-0.15, -0.1) is 0 Å². The van der Waals surface area contributed by atoms with E-state index in [1.165, 1.54) is 11.1 Å². The van der Waals surface area contributed by atoms with Crippen LogP contribution in [0.1, 0.15) is 36.8 Å². The number of likely N-dealkylation sites (tertiary alicyclic amines) is 1. The summed E-state index contributed by atoms with van der Waals surface area (Å²) in [6.45, 7) is 2.87. The van der Waals surface area contributed by atoms with Gasteiger partial charge in [-0.2, -0.15) is 5.10 Å². The second-order valence-corrected chi connectivity index (χ2v) is 7.61. The molecule has 2 aromatic rings. The minimum absolute atomic E-state index is 0.00591. The first-order chi connectivity index (χ1) is 12.7. The minimum Gasteiger partial charge on any atom is -0.381 e. The Morgan fingerprint density at radius 1 is 1.12 bits per heavy atom. The summed E-state index contributed by atoms with van der Waals surface area (Å²) in [5.74, 6) is 0. The zero-order valence-electron chi connectivity index (χ0n) is 15.8. The van der Waals surface area contributed by atoms with E-state index in [4.69, 9.17) is 9.47 Å². The van der Waals surface area contributed by atoms with Crippen molar-refractivity contribution in [3.63, 3.8) is 0 Å². The van der Waals surface area contributed by atoms with Crippen LogP contribution >= 0.6 is 0 Å². The van der Waals surface area contributed by atoms with Gasteiger partial charge in [0.15, 0.2) is 0 Å². The summed E-state index contributed by atoms with van der Waals surface area (Å²) in [5.41, 5.74) is 2.73. The molecule has 0 radical (unpaired) electrons. The van der Waals surface area contributed by atoms with Crippen molar-refractivity contribution < 1.29 is 9.47 Å². The number of benzene rings is 1. The second kappa shape index (κ2) is 7.51. The van der Waals surface area contributed by atoms with Crippen LogP contribution in [0.3, 0.4) is 0 Å². The van der Waals surface area contributed by atoms with Crippen LogP contribution in [0, 0.1) is 0 Å². The van der Waals surface area contributed by atoms with E-state index in [2.05, 4.69) is 34.3 Å². The number of rotatable bonds is 6. The number of methoxy groups -OCH3 is 2. The molecular formula is C21H29N3O2. The fourth-order valence-electron chi connectivity index (χ4n) is 4.81. The van der Waals surface area contributed by atoms with Crippen LogP contribution in [-0.2, 0) is 22.6 Å². The molecule has 0 bridgehead atoms. The fraction of sp³-hybridized carbons (Fsp3) is 0.571. The summed E-state index contributed by atoms with van der Waals surface area (Å²) in [6.07, 6.45) is 8.58. The van der Waals surface area contributed by atoms with Crippen molar-refractivity contribution in [2.75, 3.05) is 20.8 Å². The Labute approximate surface area is 155 Å². The zero-order valence-corrected chi connectivity index (χ0v) is 15.8. The molecule has 0 amide bonds. The van der Waals surface area contributed by atoms with Gasteiger partial charge in [-0.05, 0) is 42.9 Å². The minimum atomic E-state index is 0.00591. The molecule has 1 aliphatic carbocycles. The van der Waals surface area contributed by atoms with Crippen LogP contribution in [0.4, 0.5) is 0 Å². The maximum atomic E-state index is 6.07. The highest BCUT2D eigenvalue weighted by Crippen LogP contribution is 2.43. The molecule has 140 valence electrons. The average Bonchev–Trinajstić information content (AvgIpc) is 3.31. The van der Waals surface area contributed by atoms with Gasteiger partial charge in [-0.3, -0.25) is 9.58 Å². The molecule has 1 saturated heterocycles. The topological polar surface area (TPSA) is 39.5 Å². The Balaban J connectivity index is 1.54. The highest BCUT2D eigenvalue weighted by atomic mass is 16.5. The zero-order chi connectivity index (χ0) is 18.0. The van der Waals surface area contributed by atoms with Crippen molar-refractivity contribution in [1.82, 2.24) is 14.7 Å². The van der Waals surface area contributed by atoms with Crippen molar-refractivity contribution in [1.29, 1.82) is 0 Å². The smallest absolute Gasteiger partial charge is 0.0847 e. The summed E-state index contributed by atoms with van der Waals surface area (Å²) in [6, 6.07) is 11.1. The van der Waals surface area contributed by atoms with Crippen LogP contribution in [0.5, 0.6) is 0 Å². The van der Waals surface area contributed by atoms with E-state index in [1.54, 1.807) is 0 Å². The van der Waals surface area contributed by atoms with Crippen LogP contribution < -0.4 is 0 Å². The standard InChI is InChI=1S/C21H29N3O2/c1-25-19-8-9-21(26-2)10-13-23(20(21)14-19)15-17-6-3-4-7-18(17)16-24-12-5-11-22-24/h3-7,11-12,19-20H,8-10,13-16H2,1-2H3/t19-,20+,21-/m0/s1. The van der Waals surface area contributed by atoms with Crippen LogP contribution in [0.25, 0.3) is 0 Å². The number of hydrogen-bond acceptors (Lipinski definition) is 4. The summed E-state index contributed by atoms with van der Waals surface area (Å²) < 4.78 is 13.7. The van der Waals surface area contributed by atoms with Crippen molar-refractivity contribution in [2.45, 2.75) is 56.5 Å². The van der Waals surface area contributed by atoms with E-state index in [0.717, 1.165) is 45.3 Å². The molecule has 1 aromatic carbocycles. The quantitative estimate of drug-likeness (QED) is 0.798. The Bertz CT molecular complexity index is 718. The monoisotopic (exact) mass is 355 g/mol. The van der Waals surface area contributed by atoms with E-state index < -0.39 is 0 Å². The molecule has 3 atom stereocenters. The van der Waals surface area contributed by atoms with Crippen molar-refractivity contribution in [2.24, 2.45) is 0 Å². The van der Waals surface area contributed by atoms with Gasteiger partial charge in [0.05, 0.1) is 18.2 Å². The Morgan fingerprint density at radius 2 is 1.92 bits per heavy atom. The molecule has 5 nitrogen and oxygen atoms in total. The molecule has 0 N–H and O–H groups in total. The van der Waals surface area contributed by atoms with Gasteiger partial charge >= 0.3 is 0 Å². The first-order valence-corrected chi connectivity index (χ1v) is 9.60. The molecule has 2 fully saturated rings. The lowest BCUT2D eigenvalue weighted by Crippen LogP contribution is -2.51. The van der Waals surface area contributed by atoms with E-state index in [0.29, 0.717) is 12.1 Å². The number of nitrogens with zero attached hydrogens (tertiary/aromatic N) is 3. The number of hydrogen-bond donors (Lipinski definition) is 0. The van der Waals surface area contributed by atoms with Crippen molar-refractivity contribution >= 4 is 0 Å². The van der Waals surface area contributed by atoms with Crippen LogP contribution in [0.2, 0.25) is 0 Å². The van der Waals surface area contributed by atoms with Crippen molar-refractivity contribution in [3.8, 4) is 0 Å². The summed E-state index contributed by atoms with van der Waals surface area (Å²) in [7, 11) is 3.72. The van der Waals surface area contributed by atoms with Crippen molar-refractivity contribution in [3.05, 3.63) is 53.9 Å². The summed E-state index contributed by atoms with van der Waals surface area (Å²) >= 11 is 0. The predicted octanol–water partition coefficient (Wildman–Crippen LogP) is 3.09. The third-order valence-electron chi connectivity index (χ3n) is 6.37. The average molecular weight is 355 g/mol. The molecule has 0 unspecified atom stereocenters. The van der Waals surface area contributed by atoms with Crippen LogP contribution in [0.15, 0.2) is 42.7 Å². The largest absolute Gasteiger partial charge is 0.381 e. The lowest BCUT2D eigenvalue weighted by Gasteiger charge is -2.43. The first kappa shape index (κ1) is 17.7. The lowest BCUT2D eigenvalue weighted by molar-refractivity contribution is -0.0947. The van der Waals surface area contributed by atoms with Gasteiger partial charge < -0.3 is 9.47 Å². The molecule has 26 heavy (non-hydrogen) atoms. The lowest BCUT2D eigenvalue weighted by atomic mass is 9.79. The van der Waals surface area contributed by atoms with Gasteiger partial charge in [-0.1, -0.05) is 24.3 Å². The first-order valence-electron chi connectivity index (χ1n) is 9.60. The summed E-state index contributed by atoms with van der Waals surface area (Å²) in [5, 5.41) is 4.36. The van der Waals surface area contributed by atoms with Gasteiger partial charge in [0.2, 0.25) is 0 Å². The number of aromatic nitrogens is 2. The molecule has 0 spiro atoms. The Kier molecular flexibility index (Phi) is 5.11. The van der Waals surface area contributed by atoms with Gasteiger partial charge in [-0.25, -0.2) is 0 Å². The van der Waals surface area contributed by atoms with E-state index in [1.807, 2.05) is 37.4 Å². The highest BCUT2D eigenvalue weighted by Gasteiger charge is 2.51. The maximum Gasteiger partial charge on any atom is 0.0847 e. The molecule has 4 rings (SSSR count). The number of fused-ring (bicyclic) bond motifs is 1. The van der Waals surface area contributed by atoms with Crippen LogP contribution in [-0.4, -0.2) is 53.2 Å². The maximum absolute atomic E-state index is 6.07. The molecule has 1 aliphatic heterocycles. The molecule has 1 aromatic heterocycles. The van der Waals surface area contributed by atoms with Gasteiger partial charge in [0, 0.05) is 45.7 Å². The van der Waals surface area contributed by atoms with Gasteiger partial charge in [0.25, 0.3) is 0 Å². The van der Waals surface area contributed by atoms with E-state index in [-0.39, 0.29) is 5.60 Å². The third kappa shape index (κ3) is 3.31. The number of ether oxygens (including phenoxy) is 2. The molecule has 2 heterocycles. The third-order valence-corrected chi connectivity index (χ3v) is 6.37. The van der Waals surface area contributed by atoms with E-state index >= 15 is 0 Å². The molecule has 1 saturated carbocycles. The fourth-order valence-corrected chi connectivity index (χ4v) is 4.81. The Hall–Kier alpha value is -1.69. The summed E-state index contributed by atoms with van der Waals surface area (Å²) in [4.78, 5) is 2.61. The normalized spacial score (nSPS) is 29.0. The Morgan fingerprint density at radius 3 is 2.62 bits per heavy atom. The predicted molar refractivity (Wildman–Crippen MR) is 101 cm³/mol. The van der Waals surface area contributed by atoms with E-state index in [9.17, 15) is 0 Å². The highest BCUT2D eigenvalue weighted by molar-refractivity contribution is 5.28. The molecular weight excluding hydrogens is 326 g/mol. The SMILES string of the molecule is CO[C@H]1CC[C@]2(OC)CCN(Cc3ccccc3Cn3cccn3)[C@@H]2C1.